The average Bonchev–Trinajstić information content (AvgIpc) is 3.23. The lowest BCUT2D eigenvalue weighted by Gasteiger charge is -2.34. The number of aliphatic hydroxyl groups excluding tert-OH is 1. The minimum absolute atomic E-state index is 0.0557. The van der Waals surface area contributed by atoms with Gasteiger partial charge in [0.1, 0.15) is 0 Å². The van der Waals surface area contributed by atoms with E-state index in [-0.39, 0.29) is 18.0 Å². The summed E-state index contributed by atoms with van der Waals surface area (Å²) in [5.74, 6) is 0.0557. The average molecular weight is 520 g/mol. The second-order valence-electron chi connectivity index (χ2n) is 10.6. The van der Waals surface area contributed by atoms with Crippen molar-refractivity contribution in [3.05, 3.63) is 102 Å². The summed E-state index contributed by atoms with van der Waals surface area (Å²) in [6.07, 6.45) is 6.33. The summed E-state index contributed by atoms with van der Waals surface area (Å²) in [6, 6.07) is 26.5. The fourth-order valence-electron chi connectivity index (χ4n) is 6.01. The molecule has 0 saturated carbocycles. The number of hydrogen-bond donors (Lipinski definition) is 2. The Bertz CT molecular complexity index is 1500. The van der Waals surface area contributed by atoms with E-state index in [0.29, 0.717) is 30.3 Å². The Morgan fingerprint density at radius 1 is 0.872 bits per heavy atom. The largest absolute Gasteiger partial charge is 0.368 e. The van der Waals surface area contributed by atoms with Crippen LogP contribution in [0.1, 0.15) is 60.1 Å². The van der Waals surface area contributed by atoms with Gasteiger partial charge in [0.25, 0.3) is 5.91 Å². The van der Waals surface area contributed by atoms with Crippen molar-refractivity contribution < 1.29 is 15.0 Å². The van der Waals surface area contributed by atoms with Crippen molar-refractivity contribution in [3.8, 4) is 11.3 Å². The van der Waals surface area contributed by atoms with Gasteiger partial charge in [-0.2, -0.15) is 0 Å². The number of amides is 1. The molecule has 2 bridgehead atoms. The summed E-state index contributed by atoms with van der Waals surface area (Å²) in [7, 11) is 0. The zero-order valence-electron chi connectivity index (χ0n) is 21.9. The van der Waals surface area contributed by atoms with Crippen LogP contribution >= 0.6 is 0 Å². The van der Waals surface area contributed by atoms with Gasteiger partial charge in [-0.1, -0.05) is 66.7 Å². The van der Waals surface area contributed by atoms with Gasteiger partial charge in [0.05, 0.1) is 28.5 Å². The van der Waals surface area contributed by atoms with Crippen LogP contribution in [-0.2, 0) is 6.42 Å². The number of aliphatic hydroxyl groups is 2. The monoisotopic (exact) mass is 519 g/mol. The summed E-state index contributed by atoms with van der Waals surface area (Å²) in [6.45, 7) is 0. The molecule has 2 aliphatic rings. The molecule has 1 amide bonds. The van der Waals surface area contributed by atoms with Crippen molar-refractivity contribution in [1.82, 2.24) is 14.9 Å². The molecule has 3 aromatic carbocycles. The first-order chi connectivity index (χ1) is 19.1. The fourth-order valence-corrected chi connectivity index (χ4v) is 6.01. The Balaban J connectivity index is 1.29. The highest BCUT2D eigenvalue weighted by Crippen LogP contribution is 2.39. The molecule has 2 N–H and O–H groups in total. The van der Waals surface area contributed by atoms with Crippen molar-refractivity contribution in [2.75, 3.05) is 0 Å². The highest BCUT2D eigenvalue weighted by molar-refractivity contribution is 5.98. The van der Waals surface area contributed by atoms with Gasteiger partial charge in [-0.25, -0.2) is 9.97 Å². The maximum atomic E-state index is 13.8. The van der Waals surface area contributed by atoms with E-state index >= 15 is 0 Å². The molecule has 4 aromatic rings. The molecule has 1 fully saturated rings. The summed E-state index contributed by atoms with van der Waals surface area (Å²) in [5, 5.41) is 18.4. The second kappa shape index (κ2) is 11.1. The molecule has 1 aromatic heterocycles. The van der Waals surface area contributed by atoms with Crippen molar-refractivity contribution in [3.63, 3.8) is 0 Å². The molecule has 1 saturated heterocycles. The number of nitrogens with zero attached hydrogens (tertiary/aromatic N) is 3. The van der Waals surface area contributed by atoms with E-state index in [2.05, 4.69) is 35.2 Å². The van der Waals surface area contributed by atoms with Gasteiger partial charge in [0.15, 0.2) is 6.29 Å². The molecule has 0 aliphatic carbocycles. The third kappa shape index (κ3) is 5.35. The summed E-state index contributed by atoms with van der Waals surface area (Å²) < 4.78 is 0. The molecule has 6 nitrogen and oxygen atoms in total. The molecule has 198 valence electrons. The number of aromatic nitrogens is 2. The summed E-state index contributed by atoms with van der Waals surface area (Å²) in [5.41, 5.74) is 7.39. The number of benzene rings is 3. The van der Waals surface area contributed by atoms with Crippen LogP contribution in [-0.4, -0.2) is 49.4 Å². The standard InChI is InChI=1S/C33H33N3O3/c37-31(38)14-8-7-13-29-32(23-11-5-2-6-12-23)35-28-18-15-24(21-30(28)34-29)33(39)36-26-16-17-27(36)20-25(19-26)22-9-3-1-4-10-22/h1-6,9-12,15,18-19,21,26-27,31,37-38H,7-8,13-14,16-17,20H2. The van der Waals surface area contributed by atoms with E-state index < -0.39 is 6.29 Å². The topological polar surface area (TPSA) is 86.5 Å². The number of unbranched alkanes of at least 4 members (excludes halogenated alkanes) is 1. The number of fused-ring (bicyclic) bond motifs is 3. The van der Waals surface area contributed by atoms with Crippen molar-refractivity contribution in [2.24, 2.45) is 0 Å². The maximum absolute atomic E-state index is 13.8. The molecule has 39 heavy (non-hydrogen) atoms. The first-order valence-electron chi connectivity index (χ1n) is 13.9. The zero-order valence-corrected chi connectivity index (χ0v) is 21.9. The lowest BCUT2D eigenvalue weighted by Crippen LogP contribution is -2.42. The van der Waals surface area contributed by atoms with Gasteiger partial charge < -0.3 is 15.1 Å². The fraction of sp³-hybridized carbons (Fsp3) is 0.303. The molecule has 2 unspecified atom stereocenters. The lowest BCUT2D eigenvalue weighted by molar-refractivity contribution is -0.0465. The molecule has 6 rings (SSSR count). The minimum Gasteiger partial charge on any atom is -0.368 e. The van der Waals surface area contributed by atoms with Gasteiger partial charge in [-0.3, -0.25) is 4.79 Å². The minimum atomic E-state index is -1.29. The van der Waals surface area contributed by atoms with E-state index in [1.165, 1.54) is 11.1 Å². The first kappa shape index (κ1) is 25.4. The molecule has 0 radical (unpaired) electrons. The van der Waals surface area contributed by atoms with Crippen LogP contribution in [0.5, 0.6) is 0 Å². The highest BCUT2D eigenvalue weighted by Gasteiger charge is 2.40. The number of hydrogen-bond acceptors (Lipinski definition) is 5. The number of aryl methyl sites for hydroxylation is 1. The predicted molar refractivity (Wildman–Crippen MR) is 153 cm³/mol. The maximum Gasteiger partial charge on any atom is 0.254 e. The third-order valence-corrected chi connectivity index (χ3v) is 7.93. The van der Waals surface area contributed by atoms with E-state index in [1.807, 2.05) is 54.6 Å². The Kier molecular flexibility index (Phi) is 7.22. The predicted octanol–water partition coefficient (Wildman–Crippen LogP) is 5.78. The van der Waals surface area contributed by atoms with Gasteiger partial charge >= 0.3 is 0 Å². The molecule has 0 spiro atoms. The van der Waals surface area contributed by atoms with Crippen LogP contribution < -0.4 is 0 Å². The van der Waals surface area contributed by atoms with Crippen LogP contribution in [0.2, 0.25) is 0 Å². The van der Waals surface area contributed by atoms with Gasteiger partial charge in [-0.15, -0.1) is 0 Å². The molecule has 6 heteroatoms. The molecule has 2 aliphatic heterocycles. The van der Waals surface area contributed by atoms with E-state index in [1.54, 1.807) is 0 Å². The van der Waals surface area contributed by atoms with Gasteiger partial charge in [0, 0.05) is 17.2 Å². The van der Waals surface area contributed by atoms with Crippen LogP contribution in [0.15, 0.2) is 84.9 Å². The van der Waals surface area contributed by atoms with Gasteiger partial charge in [-0.05, 0) is 74.3 Å². The quantitative estimate of drug-likeness (QED) is 0.228. The van der Waals surface area contributed by atoms with Gasteiger partial charge in [0.2, 0.25) is 0 Å². The number of carbonyl (C=O) groups excluding carboxylic acids is 1. The SMILES string of the molecule is O=C(c1ccc2nc(-c3ccccc3)c(CCCCC(O)O)nc2c1)N1C2C=C(c3ccccc3)CC1CC2. The Hall–Kier alpha value is -3.87. The van der Waals surface area contributed by atoms with Crippen molar-refractivity contribution in [1.29, 1.82) is 0 Å². The normalized spacial score (nSPS) is 18.5. The van der Waals surface area contributed by atoms with E-state index in [9.17, 15) is 15.0 Å². The lowest BCUT2D eigenvalue weighted by atomic mass is 9.94. The molecule has 2 atom stereocenters. The number of rotatable bonds is 8. The summed E-state index contributed by atoms with van der Waals surface area (Å²) in [4.78, 5) is 25.8. The Labute approximate surface area is 228 Å². The zero-order chi connectivity index (χ0) is 26.8. The van der Waals surface area contributed by atoms with Crippen LogP contribution in [0, 0.1) is 0 Å². The van der Waals surface area contributed by atoms with Crippen LogP contribution in [0.4, 0.5) is 0 Å². The Morgan fingerprint density at radius 3 is 2.33 bits per heavy atom. The second-order valence-corrected chi connectivity index (χ2v) is 10.6. The Morgan fingerprint density at radius 2 is 1.62 bits per heavy atom. The highest BCUT2D eigenvalue weighted by atomic mass is 16.5. The first-order valence-corrected chi connectivity index (χ1v) is 13.9. The van der Waals surface area contributed by atoms with Crippen molar-refractivity contribution in [2.45, 2.75) is 63.3 Å². The smallest absolute Gasteiger partial charge is 0.254 e. The van der Waals surface area contributed by atoms with E-state index in [4.69, 9.17) is 9.97 Å². The molecule has 3 heterocycles. The van der Waals surface area contributed by atoms with Crippen LogP contribution in [0.3, 0.4) is 0 Å². The van der Waals surface area contributed by atoms with Crippen molar-refractivity contribution >= 4 is 22.5 Å². The summed E-state index contributed by atoms with van der Waals surface area (Å²) >= 11 is 0. The molecular formula is C33H33N3O3. The third-order valence-electron chi connectivity index (χ3n) is 7.93. The van der Waals surface area contributed by atoms with Crippen LogP contribution in [0.25, 0.3) is 27.9 Å². The number of carbonyl (C=O) groups is 1. The van der Waals surface area contributed by atoms with E-state index in [0.717, 1.165) is 48.2 Å². The molecular weight excluding hydrogens is 486 g/mol.